The van der Waals surface area contributed by atoms with Crippen LogP contribution in [-0.2, 0) is 21.3 Å². The standard InChI is InChI=1S/C10H9NO3S/c11-5-8-3-1-2-4-9(8)6-15(14)7-10(12)13/h1-4H,6-7H2,(H,12,13). The summed E-state index contributed by atoms with van der Waals surface area (Å²) >= 11 is 0. The Morgan fingerprint density at radius 3 is 2.73 bits per heavy atom. The maximum atomic E-state index is 11.3. The highest BCUT2D eigenvalue weighted by Crippen LogP contribution is 2.09. The number of carbonyl (C=O) groups is 1. The molecular weight excluding hydrogens is 214 g/mol. The molecular formula is C10H9NO3S. The Hall–Kier alpha value is -1.67. The molecule has 0 spiro atoms. The molecule has 0 aliphatic rings. The first-order valence-electron chi connectivity index (χ1n) is 4.18. The highest BCUT2D eigenvalue weighted by molar-refractivity contribution is 7.84. The molecule has 0 aromatic heterocycles. The Morgan fingerprint density at radius 2 is 2.13 bits per heavy atom. The van der Waals surface area contributed by atoms with Crippen molar-refractivity contribution >= 4 is 16.8 Å². The molecule has 0 fully saturated rings. The van der Waals surface area contributed by atoms with Crippen molar-refractivity contribution in [2.75, 3.05) is 5.75 Å². The third-order valence-electron chi connectivity index (χ3n) is 1.74. The first-order chi connectivity index (χ1) is 7.13. The minimum atomic E-state index is -1.46. The molecule has 1 N–H and O–H groups in total. The average molecular weight is 223 g/mol. The zero-order chi connectivity index (χ0) is 11.3. The van der Waals surface area contributed by atoms with Gasteiger partial charge in [-0.1, -0.05) is 18.2 Å². The summed E-state index contributed by atoms with van der Waals surface area (Å²) in [6.07, 6.45) is 0. The van der Waals surface area contributed by atoms with Crippen LogP contribution >= 0.6 is 0 Å². The summed E-state index contributed by atoms with van der Waals surface area (Å²) in [5.41, 5.74) is 1.07. The van der Waals surface area contributed by atoms with Crippen molar-refractivity contribution in [2.45, 2.75) is 5.75 Å². The van der Waals surface area contributed by atoms with Crippen molar-refractivity contribution < 1.29 is 14.1 Å². The van der Waals surface area contributed by atoms with Crippen LogP contribution in [0.5, 0.6) is 0 Å². The van der Waals surface area contributed by atoms with E-state index in [0.29, 0.717) is 11.1 Å². The largest absolute Gasteiger partial charge is 0.481 e. The maximum absolute atomic E-state index is 11.3. The molecule has 15 heavy (non-hydrogen) atoms. The second-order valence-corrected chi connectivity index (χ2v) is 4.35. The molecule has 0 heterocycles. The Morgan fingerprint density at radius 1 is 1.47 bits per heavy atom. The fourth-order valence-electron chi connectivity index (χ4n) is 1.12. The Labute approximate surface area is 89.6 Å². The molecule has 0 saturated heterocycles. The van der Waals surface area contributed by atoms with Gasteiger partial charge in [-0.2, -0.15) is 5.26 Å². The van der Waals surface area contributed by atoms with Crippen molar-refractivity contribution in [3.8, 4) is 6.07 Å². The van der Waals surface area contributed by atoms with E-state index in [4.69, 9.17) is 10.4 Å². The lowest BCUT2D eigenvalue weighted by Crippen LogP contribution is -2.11. The third-order valence-corrected chi connectivity index (χ3v) is 2.94. The lowest BCUT2D eigenvalue weighted by atomic mass is 10.1. The average Bonchev–Trinajstić information content (AvgIpc) is 2.17. The first-order valence-corrected chi connectivity index (χ1v) is 5.67. The van der Waals surface area contributed by atoms with Crippen LogP contribution in [0.15, 0.2) is 24.3 Å². The zero-order valence-corrected chi connectivity index (χ0v) is 8.66. The van der Waals surface area contributed by atoms with E-state index >= 15 is 0 Å². The minimum Gasteiger partial charge on any atom is -0.481 e. The monoisotopic (exact) mass is 223 g/mol. The number of hydrogen-bond acceptors (Lipinski definition) is 3. The lowest BCUT2D eigenvalue weighted by Gasteiger charge is -2.01. The van der Waals surface area contributed by atoms with E-state index < -0.39 is 16.8 Å². The fraction of sp³-hybridized carbons (Fsp3) is 0.200. The molecule has 5 heteroatoms. The van der Waals surface area contributed by atoms with Crippen molar-refractivity contribution in [3.05, 3.63) is 35.4 Å². The number of benzene rings is 1. The van der Waals surface area contributed by atoms with Gasteiger partial charge in [0.05, 0.1) is 17.4 Å². The predicted molar refractivity (Wildman–Crippen MR) is 55.5 cm³/mol. The number of nitrogens with zero attached hydrogens (tertiary/aromatic N) is 1. The molecule has 1 atom stereocenters. The SMILES string of the molecule is N#Cc1ccccc1CS(=O)CC(=O)O. The number of hydrogen-bond donors (Lipinski definition) is 1. The van der Waals surface area contributed by atoms with Gasteiger partial charge >= 0.3 is 5.97 Å². The fourth-order valence-corrected chi connectivity index (χ4v) is 2.09. The topological polar surface area (TPSA) is 78.2 Å². The number of rotatable bonds is 4. The maximum Gasteiger partial charge on any atom is 0.316 e. The van der Waals surface area contributed by atoms with Crippen molar-refractivity contribution in [1.82, 2.24) is 0 Å². The van der Waals surface area contributed by atoms with Crippen LogP contribution in [0.3, 0.4) is 0 Å². The molecule has 1 unspecified atom stereocenters. The van der Waals surface area contributed by atoms with E-state index in [2.05, 4.69) is 0 Å². The molecule has 1 aromatic carbocycles. The lowest BCUT2D eigenvalue weighted by molar-refractivity contribution is -0.133. The van der Waals surface area contributed by atoms with E-state index in [1.165, 1.54) is 0 Å². The highest BCUT2D eigenvalue weighted by Gasteiger charge is 2.09. The van der Waals surface area contributed by atoms with Gasteiger partial charge in [-0.3, -0.25) is 9.00 Å². The molecule has 1 rings (SSSR count). The van der Waals surface area contributed by atoms with Crippen LogP contribution in [0.1, 0.15) is 11.1 Å². The molecule has 78 valence electrons. The number of carboxylic acid groups (broad SMARTS) is 1. The highest BCUT2D eigenvalue weighted by atomic mass is 32.2. The Bertz CT molecular complexity index is 437. The molecule has 0 bridgehead atoms. The third kappa shape index (κ3) is 3.52. The van der Waals surface area contributed by atoms with Gasteiger partial charge in [0.25, 0.3) is 0 Å². The van der Waals surface area contributed by atoms with Crippen LogP contribution in [-0.4, -0.2) is 21.0 Å². The van der Waals surface area contributed by atoms with Crippen LogP contribution < -0.4 is 0 Å². The smallest absolute Gasteiger partial charge is 0.316 e. The van der Waals surface area contributed by atoms with Crippen molar-refractivity contribution in [3.63, 3.8) is 0 Å². The van der Waals surface area contributed by atoms with Gasteiger partial charge < -0.3 is 5.11 Å². The Kier molecular flexibility index (Phi) is 4.01. The van der Waals surface area contributed by atoms with Gasteiger partial charge in [0, 0.05) is 10.8 Å². The zero-order valence-electron chi connectivity index (χ0n) is 7.84. The minimum absolute atomic E-state index is 0.107. The molecule has 0 amide bonds. The van der Waals surface area contributed by atoms with Gasteiger partial charge in [0.15, 0.2) is 0 Å². The van der Waals surface area contributed by atoms with Gasteiger partial charge in [-0.15, -0.1) is 0 Å². The summed E-state index contributed by atoms with van der Waals surface area (Å²) in [7, 11) is -1.46. The van der Waals surface area contributed by atoms with Crippen LogP contribution in [0.25, 0.3) is 0 Å². The van der Waals surface area contributed by atoms with Crippen LogP contribution in [0.2, 0.25) is 0 Å². The molecule has 0 saturated carbocycles. The van der Waals surface area contributed by atoms with Crippen LogP contribution in [0.4, 0.5) is 0 Å². The second kappa shape index (κ2) is 5.27. The van der Waals surface area contributed by atoms with E-state index in [9.17, 15) is 9.00 Å². The summed E-state index contributed by atoms with van der Waals surface area (Å²) in [6.45, 7) is 0. The van der Waals surface area contributed by atoms with Gasteiger partial charge in [-0.25, -0.2) is 0 Å². The second-order valence-electron chi connectivity index (χ2n) is 2.89. The summed E-state index contributed by atoms with van der Waals surface area (Å²) in [6, 6.07) is 8.71. The van der Waals surface area contributed by atoms with E-state index in [1.807, 2.05) is 6.07 Å². The molecule has 0 radical (unpaired) electrons. The normalized spacial score (nSPS) is 11.7. The van der Waals surface area contributed by atoms with E-state index in [0.717, 1.165) is 0 Å². The summed E-state index contributed by atoms with van der Waals surface area (Å²) in [5, 5.41) is 17.2. The molecule has 0 aliphatic heterocycles. The quantitative estimate of drug-likeness (QED) is 0.822. The van der Waals surface area contributed by atoms with E-state index in [-0.39, 0.29) is 11.5 Å². The molecule has 4 nitrogen and oxygen atoms in total. The van der Waals surface area contributed by atoms with Gasteiger partial charge in [0.1, 0.15) is 5.75 Å². The van der Waals surface area contributed by atoms with Crippen LogP contribution in [0, 0.1) is 11.3 Å². The van der Waals surface area contributed by atoms with Gasteiger partial charge in [0.2, 0.25) is 0 Å². The first kappa shape index (κ1) is 11.4. The van der Waals surface area contributed by atoms with Crippen molar-refractivity contribution in [2.24, 2.45) is 0 Å². The molecule has 0 aliphatic carbocycles. The van der Waals surface area contributed by atoms with E-state index in [1.54, 1.807) is 24.3 Å². The molecule has 1 aromatic rings. The summed E-state index contributed by atoms with van der Waals surface area (Å²) < 4.78 is 11.3. The Balaban J connectivity index is 2.77. The predicted octanol–water partition coefficient (Wildman–Crippen LogP) is 0.892. The van der Waals surface area contributed by atoms with Crippen molar-refractivity contribution in [1.29, 1.82) is 5.26 Å². The number of aliphatic carboxylic acids is 1. The number of carboxylic acids is 1. The van der Waals surface area contributed by atoms with Gasteiger partial charge in [-0.05, 0) is 11.6 Å². The number of nitriles is 1. The summed E-state index contributed by atoms with van der Waals surface area (Å²) in [5.74, 6) is -1.38. The summed E-state index contributed by atoms with van der Waals surface area (Å²) in [4.78, 5) is 10.3.